The van der Waals surface area contributed by atoms with Crippen molar-refractivity contribution < 1.29 is 23.6 Å². The topological polar surface area (TPSA) is 81.9 Å². The van der Waals surface area contributed by atoms with Gasteiger partial charge in [0.15, 0.2) is 5.76 Å². The SMILES string of the molecule is CCOC(=O)C1CCCN(C(=O)C2(c3cc(-c4cccc(OC)c4)on3)CC2)C1. The van der Waals surface area contributed by atoms with E-state index in [0.29, 0.717) is 31.2 Å². The van der Waals surface area contributed by atoms with Gasteiger partial charge in [0.1, 0.15) is 5.75 Å². The van der Waals surface area contributed by atoms with Crippen molar-refractivity contribution in [1.29, 1.82) is 0 Å². The Morgan fingerprint density at radius 3 is 2.86 bits per heavy atom. The average molecular weight is 398 g/mol. The molecule has 7 nitrogen and oxygen atoms in total. The molecule has 0 bridgehead atoms. The van der Waals surface area contributed by atoms with E-state index in [-0.39, 0.29) is 17.8 Å². The van der Waals surface area contributed by atoms with Crippen LogP contribution in [0.5, 0.6) is 5.75 Å². The molecule has 1 aliphatic carbocycles. The van der Waals surface area contributed by atoms with Gasteiger partial charge >= 0.3 is 5.97 Å². The molecule has 2 fully saturated rings. The molecule has 2 aliphatic rings. The molecule has 1 saturated heterocycles. The molecule has 1 saturated carbocycles. The molecule has 1 aliphatic heterocycles. The van der Waals surface area contributed by atoms with Gasteiger partial charge in [-0.25, -0.2) is 0 Å². The molecular weight excluding hydrogens is 372 g/mol. The number of benzene rings is 1. The van der Waals surface area contributed by atoms with E-state index in [0.717, 1.165) is 37.0 Å². The number of nitrogens with zero attached hydrogens (tertiary/aromatic N) is 2. The van der Waals surface area contributed by atoms with Crippen LogP contribution in [0.4, 0.5) is 0 Å². The molecule has 2 aromatic rings. The van der Waals surface area contributed by atoms with E-state index in [2.05, 4.69) is 5.16 Å². The number of hydrogen-bond acceptors (Lipinski definition) is 6. The summed E-state index contributed by atoms with van der Waals surface area (Å²) in [4.78, 5) is 27.2. The van der Waals surface area contributed by atoms with Crippen molar-refractivity contribution in [3.63, 3.8) is 0 Å². The van der Waals surface area contributed by atoms with Gasteiger partial charge < -0.3 is 18.9 Å². The van der Waals surface area contributed by atoms with Crippen molar-refractivity contribution >= 4 is 11.9 Å². The van der Waals surface area contributed by atoms with E-state index < -0.39 is 5.41 Å². The Balaban J connectivity index is 1.51. The van der Waals surface area contributed by atoms with Crippen LogP contribution in [0.15, 0.2) is 34.9 Å². The number of ether oxygens (including phenoxy) is 2. The van der Waals surface area contributed by atoms with Gasteiger partial charge in [-0.15, -0.1) is 0 Å². The first-order valence-electron chi connectivity index (χ1n) is 10.1. The van der Waals surface area contributed by atoms with E-state index >= 15 is 0 Å². The number of carbonyl (C=O) groups excluding carboxylic acids is 2. The highest BCUT2D eigenvalue weighted by Crippen LogP contribution is 2.50. The normalized spacial score (nSPS) is 20.2. The zero-order valence-corrected chi connectivity index (χ0v) is 16.8. The smallest absolute Gasteiger partial charge is 0.310 e. The van der Waals surface area contributed by atoms with E-state index in [1.807, 2.05) is 30.3 Å². The Labute approximate surface area is 169 Å². The standard InChI is InChI=1S/C22H26N2O5/c1-3-28-20(25)16-7-5-11-24(14-16)21(26)22(9-10-22)19-13-18(29-23-19)15-6-4-8-17(12-15)27-2/h4,6,8,12-13,16H,3,5,7,9-11,14H2,1-2H3. The van der Waals surface area contributed by atoms with Crippen molar-refractivity contribution in [3.8, 4) is 17.1 Å². The van der Waals surface area contributed by atoms with Crippen molar-refractivity contribution in [2.45, 2.75) is 38.0 Å². The predicted molar refractivity (Wildman–Crippen MR) is 105 cm³/mol. The lowest BCUT2D eigenvalue weighted by Gasteiger charge is -2.33. The second-order valence-corrected chi connectivity index (χ2v) is 7.73. The molecule has 0 spiro atoms. The van der Waals surface area contributed by atoms with Crippen molar-refractivity contribution in [2.24, 2.45) is 5.92 Å². The summed E-state index contributed by atoms with van der Waals surface area (Å²) in [5.74, 6) is 0.929. The number of rotatable bonds is 6. The third-order valence-corrected chi connectivity index (χ3v) is 5.84. The highest BCUT2D eigenvalue weighted by atomic mass is 16.5. The maximum atomic E-state index is 13.3. The number of amides is 1. The van der Waals surface area contributed by atoms with Gasteiger partial charge in [0.05, 0.1) is 30.7 Å². The lowest BCUT2D eigenvalue weighted by atomic mass is 9.94. The summed E-state index contributed by atoms with van der Waals surface area (Å²) in [6, 6.07) is 9.40. The van der Waals surface area contributed by atoms with Gasteiger partial charge in [0.25, 0.3) is 0 Å². The molecule has 154 valence electrons. The Bertz CT molecular complexity index is 902. The highest BCUT2D eigenvalue weighted by molar-refractivity contribution is 5.91. The summed E-state index contributed by atoms with van der Waals surface area (Å²) in [6.07, 6.45) is 3.06. The number of carbonyl (C=O) groups is 2. The predicted octanol–water partition coefficient (Wildman–Crippen LogP) is 3.18. The summed E-state index contributed by atoms with van der Waals surface area (Å²) in [5, 5.41) is 4.23. The number of piperidine rings is 1. The maximum Gasteiger partial charge on any atom is 0.310 e. The number of aromatic nitrogens is 1. The minimum atomic E-state index is -0.628. The van der Waals surface area contributed by atoms with Gasteiger partial charge in [-0.2, -0.15) is 0 Å². The molecule has 7 heteroatoms. The van der Waals surface area contributed by atoms with E-state index in [1.54, 1.807) is 18.9 Å². The Kier molecular flexibility index (Phi) is 5.30. The van der Waals surface area contributed by atoms with Crippen molar-refractivity contribution in [3.05, 3.63) is 36.0 Å². The minimum absolute atomic E-state index is 0.0389. The zero-order chi connectivity index (χ0) is 20.4. The molecule has 1 unspecified atom stereocenters. The summed E-state index contributed by atoms with van der Waals surface area (Å²) in [7, 11) is 1.62. The van der Waals surface area contributed by atoms with Gasteiger partial charge in [-0.05, 0) is 44.7 Å². The van der Waals surface area contributed by atoms with Gasteiger partial charge in [-0.1, -0.05) is 17.3 Å². The maximum absolute atomic E-state index is 13.3. The van der Waals surface area contributed by atoms with E-state index in [1.165, 1.54) is 0 Å². The molecular formula is C22H26N2O5. The van der Waals surface area contributed by atoms with Crippen LogP contribution in [-0.4, -0.2) is 48.7 Å². The lowest BCUT2D eigenvalue weighted by molar-refractivity contribution is -0.151. The lowest BCUT2D eigenvalue weighted by Crippen LogP contribution is -2.47. The van der Waals surface area contributed by atoms with E-state index in [9.17, 15) is 9.59 Å². The van der Waals surface area contributed by atoms with Crippen LogP contribution in [0.25, 0.3) is 11.3 Å². The summed E-state index contributed by atoms with van der Waals surface area (Å²) in [5.41, 5.74) is 0.891. The summed E-state index contributed by atoms with van der Waals surface area (Å²) in [6.45, 7) is 3.24. The van der Waals surface area contributed by atoms with Crippen molar-refractivity contribution in [1.82, 2.24) is 10.1 Å². The Morgan fingerprint density at radius 2 is 2.14 bits per heavy atom. The fraction of sp³-hybridized carbons (Fsp3) is 0.500. The fourth-order valence-corrected chi connectivity index (χ4v) is 4.03. The third-order valence-electron chi connectivity index (χ3n) is 5.84. The van der Waals surface area contributed by atoms with Crippen LogP contribution < -0.4 is 4.74 Å². The second kappa shape index (κ2) is 7.89. The molecule has 4 rings (SSSR count). The molecule has 1 aromatic carbocycles. The Morgan fingerprint density at radius 1 is 1.31 bits per heavy atom. The Hall–Kier alpha value is -2.83. The third kappa shape index (κ3) is 3.73. The van der Waals surface area contributed by atoms with Crippen LogP contribution in [-0.2, 0) is 19.7 Å². The quantitative estimate of drug-likeness (QED) is 0.695. The molecule has 1 amide bonds. The van der Waals surface area contributed by atoms with Crippen molar-refractivity contribution in [2.75, 3.05) is 26.8 Å². The first kappa shape index (κ1) is 19.5. The second-order valence-electron chi connectivity index (χ2n) is 7.73. The highest BCUT2D eigenvalue weighted by Gasteiger charge is 2.56. The molecule has 1 aromatic heterocycles. The molecule has 0 N–H and O–H groups in total. The number of esters is 1. The van der Waals surface area contributed by atoms with Crippen LogP contribution in [0, 0.1) is 5.92 Å². The average Bonchev–Trinajstić information content (AvgIpc) is 3.42. The largest absolute Gasteiger partial charge is 0.497 e. The molecule has 29 heavy (non-hydrogen) atoms. The fourth-order valence-electron chi connectivity index (χ4n) is 4.03. The first-order chi connectivity index (χ1) is 14.1. The summed E-state index contributed by atoms with van der Waals surface area (Å²) < 4.78 is 16.0. The van der Waals surface area contributed by atoms with E-state index in [4.69, 9.17) is 14.0 Å². The van der Waals surface area contributed by atoms with Crippen LogP contribution in [0.1, 0.15) is 38.3 Å². The van der Waals surface area contributed by atoms with Gasteiger partial charge in [-0.3, -0.25) is 9.59 Å². The molecule has 1 atom stereocenters. The number of likely N-dealkylation sites (tertiary alicyclic amines) is 1. The molecule has 2 heterocycles. The van der Waals surface area contributed by atoms with Crippen LogP contribution in [0.3, 0.4) is 0 Å². The monoisotopic (exact) mass is 398 g/mol. The first-order valence-corrected chi connectivity index (χ1v) is 10.1. The summed E-state index contributed by atoms with van der Waals surface area (Å²) >= 11 is 0. The zero-order valence-electron chi connectivity index (χ0n) is 16.8. The van der Waals surface area contributed by atoms with Gasteiger partial charge in [0, 0.05) is 24.7 Å². The number of methoxy groups -OCH3 is 1. The van der Waals surface area contributed by atoms with Crippen LogP contribution >= 0.6 is 0 Å². The van der Waals surface area contributed by atoms with Gasteiger partial charge in [0.2, 0.25) is 5.91 Å². The molecule has 0 radical (unpaired) electrons. The minimum Gasteiger partial charge on any atom is -0.497 e. The number of hydrogen-bond donors (Lipinski definition) is 0. The van der Waals surface area contributed by atoms with Crippen LogP contribution in [0.2, 0.25) is 0 Å².